The van der Waals surface area contributed by atoms with E-state index in [1.54, 1.807) is 23.6 Å². The van der Waals surface area contributed by atoms with Gasteiger partial charge in [0.25, 0.3) is 0 Å². The molecule has 3 nitrogen and oxygen atoms in total. The molecule has 2 rings (SSSR count). The molecule has 0 unspecified atom stereocenters. The topological polar surface area (TPSA) is 37.8 Å². The standard InChI is InChI=1S/C12H13Cl2N3S/c1-3-15-6-10-7(2)17-12(18-10)11-9(14)4-8(13)5-16-11/h4-5,15H,3,6H2,1-2H3. The normalized spacial score (nSPS) is 10.9. The summed E-state index contributed by atoms with van der Waals surface area (Å²) in [5.41, 5.74) is 1.71. The molecule has 0 aliphatic rings. The molecule has 96 valence electrons. The second-order valence-corrected chi connectivity index (χ2v) is 5.72. The highest BCUT2D eigenvalue weighted by Crippen LogP contribution is 2.32. The largest absolute Gasteiger partial charge is 0.312 e. The van der Waals surface area contributed by atoms with Gasteiger partial charge in [0.2, 0.25) is 0 Å². The summed E-state index contributed by atoms with van der Waals surface area (Å²) in [5, 5.41) is 5.19. The van der Waals surface area contributed by atoms with Gasteiger partial charge in [-0.25, -0.2) is 4.98 Å². The molecule has 0 radical (unpaired) electrons. The fraction of sp³-hybridized carbons (Fsp3) is 0.333. The van der Waals surface area contributed by atoms with Crippen LogP contribution in [0.4, 0.5) is 0 Å². The van der Waals surface area contributed by atoms with Gasteiger partial charge in [0.1, 0.15) is 10.7 Å². The number of rotatable bonds is 4. The average Bonchev–Trinajstić information content (AvgIpc) is 2.68. The third kappa shape index (κ3) is 3.01. The molecule has 2 aromatic heterocycles. The van der Waals surface area contributed by atoms with Gasteiger partial charge in [0.15, 0.2) is 0 Å². The number of nitrogens with zero attached hydrogens (tertiary/aromatic N) is 2. The Morgan fingerprint density at radius 1 is 1.39 bits per heavy atom. The monoisotopic (exact) mass is 301 g/mol. The molecule has 2 aromatic rings. The van der Waals surface area contributed by atoms with Crippen LogP contribution in [0.3, 0.4) is 0 Å². The van der Waals surface area contributed by atoms with Crippen LogP contribution in [-0.2, 0) is 6.54 Å². The molecule has 0 fully saturated rings. The number of hydrogen-bond donors (Lipinski definition) is 1. The Bertz CT molecular complexity index is 554. The van der Waals surface area contributed by atoms with Crippen LogP contribution in [-0.4, -0.2) is 16.5 Å². The van der Waals surface area contributed by atoms with Crippen LogP contribution in [0, 0.1) is 6.92 Å². The molecule has 0 spiro atoms. The first-order chi connectivity index (χ1) is 8.61. The van der Waals surface area contributed by atoms with E-state index in [1.165, 1.54) is 4.88 Å². The maximum Gasteiger partial charge on any atom is 0.143 e. The zero-order valence-corrected chi connectivity index (χ0v) is 12.5. The number of aromatic nitrogens is 2. The lowest BCUT2D eigenvalue weighted by molar-refractivity contribution is 0.731. The van der Waals surface area contributed by atoms with Crippen molar-refractivity contribution in [3.8, 4) is 10.7 Å². The van der Waals surface area contributed by atoms with E-state index in [0.717, 1.165) is 23.8 Å². The average molecular weight is 302 g/mol. The molecular weight excluding hydrogens is 289 g/mol. The first kappa shape index (κ1) is 13.7. The molecular formula is C12H13Cl2N3S. The van der Waals surface area contributed by atoms with Crippen LogP contribution in [0.15, 0.2) is 12.3 Å². The maximum absolute atomic E-state index is 6.13. The third-order valence-corrected chi connectivity index (χ3v) is 4.10. The minimum Gasteiger partial charge on any atom is -0.312 e. The van der Waals surface area contributed by atoms with Crippen molar-refractivity contribution in [2.75, 3.05) is 6.54 Å². The van der Waals surface area contributed by atoms with Crippen molar-refractivity contribution in [3.05, 3.63) is 32.9 Å². The first-order valence-corrected chi connectivity index (χ1v) is 7.17. The molecule has 1 N–H and O–H groups in total. The smallest absolute Gasteiger partial charge is 0.143 e. The molecule has 0 amide bonds. The van der Waals surface area contributed by atoms with Crippen molar-refractivity contribution >= 4 is 34.5 Å². The van der Waals surface area contributed by atoms with Gasteiger partial charge in [-0.15, -0.1) is 11.3 Å². The van der Waals surface area contributed by atoms with Gasteiger partial charge < -0.3 is 5.32 Å². The van der Waals surface area contributed by atoms with Gasteiger partial charge in [-0.05, 0) is 19.5 Å². The predicted octanol–water partition coefficient (Wildman–Crippen LogP) is 3.93. The maximum atomic E-state index is 6.13. The lowest BCUT2D eigenvalue weighted by Crippen LogP contribution is -2.11. The van der Waals surface area contributed by atoms with Gasteiger partial charge in [0, 0.05) is 17.6 Å². The molecule has 0 aliphatic carbocycles. The van der Waals surface area contributed by atoms with Crippen molar-refractivity contribution in [3.63, 3.8) is 0 Å². The summed E-state index contributed by atoms with van der Waals surface area (Å²) in [6.07, 6.45) is 1.59. The molecule has 2 heterocycles. The van der Waals surface area contributed by atoms with E-state index in [2.05, 4.69) is 22.2 Å². The number of thiazole rings is 1. The van der Waals surface area contributed by atoms with Crippen LogP contribution in [0.25, 0.3) is 10.7 Å². The van der Waals surface area contributed by atoms with Gasteiger partial charge in [-0.2, -0.15) is 0 Å². The van der Waals surface area contributed by atoms with Gasteiger partial charge >= 0.3 is 0 Å². The number of nitrogens with one attached hydrogen (secondary N) is 1. The van der Waals surface area contributed by atoms with Gasteiger partial charge in [-0.1, -0.05) is 30.1 Å². The Labute approximate surface area is 120 Å². The zero-order valence-electron chi connectivity index (χ0n) is 10.1. The summed E-state index contributed by atoms with van der Waals surface area (Å²) in [6.45, 7) is 5.84. The van der Waals surface area contributed by atoms with E-state index in [-0.39, 0.29) is 0 Å². The minimum atomic E-state index is 0.532. The lowest BCUT2D eigenvalue weighted by Gasteiger charge is -1.99. The van der Waals surface area contributed by atoms with Crippen molar-refractivity contribution in [1.82, 2.24) is 15.3 Å². The van der Waals surface area contributed by atoms with Crippen LogP contribution < -0.4 is 5.32 Å². The summed E-state index contributed by atoms with van der Waals surface area (Å²) in [5.74, 6) is 0. The number of pyridine rings is 1. The van der Waals surface area contributed by atoms with Gasteiger partial charge in [0.05, 0.1) is 15.7 Å². The molecule has 0 saturated carbocycles. The molecule has 0 bridgehead atoms. The van der Waals surface area contributed by atoms with Crippen molar-refractivity contribution in [2.24, 2.45) is 0 Å². The molecule has 0 aromatic carbocycles. The van der Waals surface area contributed by atoms with E-state index in [9.17, 15) is 0 Å². The summed E-state index contributed by atoms with van der Waals surface area (Å²) < 4.78 is 0. The van der Waals surface area contributed by atoms with Gasteiger partial charge in [-0.3, -0.25) is 4.98 Å². The summed E-state index contributed by atoms with van der Waals surface area (Å²) >= 11 is 13.6. The highest BCUT2D eigenvalue weighted by Gasteiger charge is 2.13. The Morgan fingerprint density at radius 2 is 2.17 bits per heavy atom. The SMILES string of the molecule is CCNCc1sc(-c2ncc(Cl)cc2Cl)nc1C. The van der Waals surface area contributed by atoms with Crippen LogP contribution in [0.1, 0.15) is 17.5 Å². The number of halogens is 2. The summed E-state index contributed by atoms with van der Waals surface area (Å²) in [6, 6.07) is 1.69. The predicted molar refractivity (Wildman–Crippen MR) is 77.5 cm³/mol. The lowest BCUT2D eigenvalue weighted by atomic mass is 10.3. The second-order valence-electron chi connectivity index (χ2n) is 3.79. The van der Waals surface area contributed by atoms with Crippen molar-refractivity contribution in [1.29, 1.82) is 0 Å². The Hall–Kier alpha value is -0.680. The highest BCUT2D eigenvalue weighted by molar-refractivity contribution is 7.15. The van der Waals surface area contributed by atoms with Crippen molar-refractivity contribution in [2.45, 2.75) is 20.4 Å². The number of aryl methyl sites for hydroxylation is 1. The fourth-order valence-electron chi connectivity index (χ4n) is 1.50. The molecule has 0 saturated heterocycles. The van der Waals surface area contributed by atoms with E-state index in [0.29, 0.717) is 15.7 Å². The Kier molecular flexibility index (Phi) is 4.56. The summed E-state index contributed by atoms with van der Waals surface area (Å²) in [7, 11) is 0. The van der Waals surface area contributed by atoms with Crippen molar-refractivity contribution < 1.29 is 0 Å². The zero-order chi connectivity index (χ0) is 13.1. The fourth-order valence-corrected chi connectivity index (χ4v) is 3.07. The Balaban J connectivity index is 2.33. The van der Waals surface area contributed by atoms with Crippen LogP contribution in [0.5, 0.6) is 0 Å². The van der Waals surface area contributed by atoms with E-state index >= 15 is 0 Å². The highest BCUT2D eigenvalue weighted by atomic mass is 35.5. The molecule has 18 heavy (non-hydrogen) atoms. The minimum absolute atomic E-state index is 0.532. The van der Waals surface area contributed by atoms with E-state index in [4.69, 9.17) is 23.2 Å². The third-order valence-electron chi connectivity index (χ3n) is 2.44. The first-order valence-electron chi connectivity index (χ1n) is 5.60. The Morgan fingerprint density at radius 3 is 2.83 bits per heavy atom. The molecule has 0 aliphatic heterocycles. The molecule has 6 heteroatoms. The summed E-state index contributed by atoms with van der Waals surface area (Å²) in [4.78, 5) is 9.97. The van der Waals surface area contributed by atoms with Crippen LogP contribution in [0.2, 0.25) is 10.0 Å². The number of hydrogen-bond acceptors (Lipinski definition) is 4. The molecule has 0 atom stereocenters. The van der Waals surface area contributed by atoms with E-state index in [1.807, 2.05) is 6.92 Å². The quantitative estimate of drug-likeness (QED) is 0.930. The second kappa shape index (κ2) is 5.97. The van der Waals surface area contributed by atoms with Crippen LogP contribution >= 0.6 is 34.5 Å². The van der Waals surface area contributed by atoms with E-state index < -0.39 is 0 Å².